The van der Waals surface area contributed by atoms with E-state index in [4.69, 9.17) is 4.42 Å². The summed E-state index contributed by atoms with van der Waals surface area (Å²) in [7, 11) is 0. The van der Waals surface area contributed by atoms with Crippen LogP contribution in [-0.2, 0) is 4.79 Å². The molecule has 0 fully saturated rings. The first-order valence-corrected chi connectivity index (χ1v) is 7.51. The van der Waals surface area contributed by atoms with Crippen molar-refractivity contribution in [3.63, 3.8) is 0 Å². The van der Waals surface area contributed by atoms with Crippen LogP contribution in [0.25, 0.3) is 0 Å². The summed E-state index contributed by atoms with van der Waals surface area (Å²) in [5, 5.41) is 12.4. The van der Waals surface area contributed by atoms with Gasteiger partial charge in [0, 0.05) is 6.54 Å². The first kappa shape index (κ1) is 15.9. The van der Waals surface area contributed by atoms with Crippen molar-refractivity contribution in [2.75, 3.05) is 13.1 Å². The lowest BCUT2D eigenvalue weighted by Gasteiger charge is -2.14. The maximum atomic E-state index is 12.2. The van der Waals surface area contributed by atoms with Crippen molar-refractivity contribution in [1.82, 2.24) is 10.2 Å². The lowest BCUT2D eigenvalue weighted by molar-refractivity contribution is -0.121. The Kier molecular flexibility index (Phi) is 4.43. The van der Waals surface area contributed by atoms with E-state index < -0.39 is 23.8 Å². The van der Waals surface area contributed by atoms with Gasteiger partial charge in [-0.2, -0.15) is 0 Å². The van der Waals surface area contributed by atoms with Crippen LogP contribution in [0, 0.1) is 0 Å². The lowest BCUT2D eigenvalue weighted by atomic mass is 10.1. The van der Waals surface area contributed by atoms with Crippen LogP contribution in [0.3, 0.4) is 0 Å². The highest BCUT2D eigenvalue weighted by Crippen LogP contribution is 2.22. The fourth-order valence-electron chi connectivity index (χ4n) is 2.55. The summed E-state index contributed by atoms with van der Waals surface area (Å²) >= 11 is 0. The maximum absolute atomic E-state index is 12.2. The normalized spacial score (nSPS) is 14.6. The summed E-state index contributed by atoms with van der Waals surface area (Å²) < 4.78 is 5.06. The highest BCUT2D eigenvalue weighted by atomic mass is 16.4. The predicted octanol–water partition coefficient (Wildman–Crippen LogP) is 1.12. The number of furan rings is 1. The van der Waals surface area contributed by atoms with Crippen LogP contribution in [0.15, 0.2) is 47.1 Å². The van der Waals surface area contributed by atoms with Gasteiger partial charge in [0.2, 0.25) is 5.91 Å². The van der Waals surface area contributed by atoms with Gasteiger partial charge in [-0.05, 0) is 30.7 Å². The van der Waals surface area contributed by atoms with E-state index in [1.807, 2.05) is 0 Å². The molecule has 7 heteroatoms. The standard InChI is InChI=1S/C17H16N2O5/c20-13(14-6-3-9-24-14)7-8-18-15(21)10-19-16(22)11-4-1-2-5-12(11)17(19)23/h1-6,9,13,20H,7-8,10H2,(H,18,21). The number of carbonyl (C=O) groups excluding carboxylic acids is 3. The Balaban J connectivity index is 1.51. The van der Waals surface area contributed by atoms with E-state index in [1.54, 1.807) is 36.4 Å². The molecule has 0 saturated carbocycles. The summed E-state index contributed by atoms with van der Waals surface area (Å²) in [6, 6.07) is 9.78. The molecule has 7 nitrogen and oxygen atoms in total. The number of fused-ring (bicyclic) bond motifs is 1. The van der Waals surface area contributed by atoms with Gasteiger partial charge in [0.05, 0.1) is 17.4 Å². The minimum atomic E-state index is -0.820. The Morgan fingerprint density at radius 1 is 1.12 bits per heavy atom. The van der Waals surface area contributed by atoms with Crippen LogP contribution < -0.4 is 5.32 Å². The number of rotatable bonds is 6. The number of nitrogens with zero attached hydrogens (tertiary/aromatic N) is 1. The number of imide groups is 1. The third-order valence-electron chi connectivity index (χ3n) is 3.79. The van der Waals surface area contributed by atoms with Crippen LogP contribution >= 0.6 is 0 Å². The minimum Gasteiger partial charge on any atom is -0.467 e. The Morgan fingerprint density at radius 2 is 1.79 bits per heavy atom. The van der Waals surface area contributed by atoms with Crippen molar-refractivity contribution in [1.29, 1.82) is 0 Å². The van der Waals surface area contributed by atoms with E-state index in [-0.39, 0.29) is 19.5 Å². The van der Waals surface area contributed by atoms with Crippen LogP contribution in [0.5, 0.6) is 0 Å². The number of hydrogen-bond acceptors (Lipinski definition) is 5. The molecule has 124 valence electrons. The first-order valence-electron chi connectivity index (χ1n) is 7.51. The molecule has 1 aliphatic heterocycles. The maximum Gasteiger partial charge on any atom is 0.262 e. The molecule has 0 spiro atoms. The zero-order valence-electron chi connectivity index (χ0n) is 12.8. The van der Waals surface area contributed by atoms with Crippen molar-refractivity contribution in [3.8, 4) is 0 Å². The zero-order valence-corrected chi connectivity index (χ0v) is 12.8. The molecule has 3 rings (SSSR count). The average Bonchev–Trinajstić information content (AvgIpc) is 3.19. The first-order chi connectivity index (χ1) is 11.6. The second-order valence-electron chi connectivity index (χ2n) is 5.41. The van der Waals surface area contributed by atoms with Gasteiger partial charge in [0.25, 0.3) is 11.8 Å². The number of benzene rings is 1. The molecule has 2 heterocycles. The number of carbonyl (C=O) groups is 3. The molecule has 0 aliphatic carbocycles. The summed E-state index contributed by atoms with van der Waals surface area (Å²) in [4.78, 5) is 37.2. The Labute approximate surface area is 137 Å². The molecule has 1 atom stereocenters. The van der Waals surface area contributed by atoms with E-state index in [1.165, 1.54) is 6.26 Å². The number of aliphatic hydroxyl groups excluding tert-OH is 1. The molecule has 1 unspecified atom stereocenters. The second-order valence-corrected chi connectivity index (χ2v) is 5.41. The van der Waals surface area contributed by atoms with Gasteiger partial charge in [-0.1, -0.05) is 12.1 Å². The SMILES string of the molecule is O=C(CN1C(=O)c2ccccc2C1=O)NCCC(O)c1ccco1. The number of amides is 3. The van der Waals surface area contributed by atoms with Crippen LogP contribution in [0.2, 0.25) is 0 Å². The predicted molar refractivity (Wildman–Crippen MR) is 83.1 cm³/mol. The Hall–Kier alpha value is -2.93. The molecule has 1 aromatic heterocycles. The number of nitrogens with one attached hydrogen (secondary N) is 1. The molecule has 24 heavy (non-hydrogen) atoms. The van der Waals surface area contributed by atoms with Gasteiger partial charge in [0.15, 0.2) is 0 Å². The van der Waals surface area contributed by atoms with Gasteiger partial charge >= 0.3 is 0 Å². The van der Waals surface area contributed by atoms with Crippen molar-refractivity contribution >= 4 is 17.7 Å². The van der Waals surface area contributed by atoms with Crippen LogP contribution in [-0.4, -0.2) is 40.8 Å². The summed E-state index contributed by atoms with van der Waals surface area (Å²) in [6.45, 7) is -0.146. The monoisotopic (exact) mass is 328 g/mol. The second kappa shape index (κ2) is 6.67. The van der Waals surface area contributed by atoms with Crippen molar-refractivity contribution in [3.05, 3.63) is 59.5 Å². The van der Waals surface area contributed by atoms with Gasteiger partial charge in [-0.25, -0.2) is 0 Å². The van der Waals surface area contributed by atoms with Gasteiger partial charge in [-0.15, -0.1) is 0 Å². The van der Waals surface area contributed by atoms with Crippen LogP contribution in [0.4, 0.5) is 0 Å². The topological polar surface area (TPSA) is 99.9 Å². The molecule has 0 radical (unpaired) electrons. The molecule has 2 aromatic rings. The third-order valence-corrected chi connectivity index (χ3v) is 3.79. The van der Waals surface area contributed by atoms with E-state index >= 15 is 0 Å². The van der Waals surface area contributed by atoms with Gasteiger partial charge in [-0.3, -0.25) is 19.3 Å². The minimum absolute atomic E-state index is 0.198. The highest BCUT2D eigenvalue weighted by Gasteiger charge is 2.36. The largest absolute Gasteiger partial charge is 0.467 e. The quantitative estimate of drug-likeness (QED) is 0.774. The average molecular weight is 328 g/mol. The van der Waals surface area contributed by atoms with Crippen molar-refractivity contribution in [2.24, 2.45) is 0 Å². The van der Waals surface area contributed by atoms with Gasteiger partial charge < -0.3 is 14.8 Å². The molecule has 1 aliphatic rings. The molecule has 1 aromatic carbocycles. The fourth-order valence-corrected chi connectivity index (χ4v) is 2.55. The summed E-state index contributed by atoms with van der Waals surface area (Å²) in [6.07, 6.45) is 0.903. The lowest BCUT2D eigenvalue weighted by Crippen LogP contribution is -2.40. The molecule has 0 saturated heterocycles. The van der Waals surface area contributed by atoms with Crippen LogP contribution in [0.1, 0.15) is 39.0 Å². The molecule has 3 amide bonds. The van der Waals surface area contributed by atoms with E-state index in [9.17, 15) is 19.5 Å². The third kappa shape index (κ3) is 3.07. The van der Waals surface area contributed by atoms with Gasteiger partial charge in [0.1, 0.15) is 18.4 Å². The number of aliphatic hydroxyl groups is 1. The number of hydrogen-bond donors (Lipinski definition) is 2. The van der Waals surface area contributed by atoms with E-state index in [0.29, 0.717) is 16.9 Å². The molecular weight excluding hydrogens is 312 g/mol. The molecule has 2 N–H and O–H groups in total. The van der Waals surface area contributed by atoms with E-state index in [0.717, 1.165) is 4.90 Å². The summed E-state index contributed by atoms with van der Waals surface area (Å²) in [5.41, 5.74) is 0.618. The van der Waals surface area contributed by atoms with Crippen molar-refractivity contribution in [2.45, 2.75) is 12.5 Å². The van der Waals surface area contributed by atoms with Crippen molar-refractivity contribution < 1.29 is 23.9 Å². The Morgan fingerprint density at radius 3 is 2.38 bits per heavy atom. The smallest absolute Gasteiger partial charge is 0.262 e. The fraction of sp³-hybridized carbons (Fsp3) is 0.235. The zero-order chi connectivity index (χ0) is 17.1. The molecule has 0 bridgehead atoms. The molecular formula is C17H16N2O5. The summed E-state index contributed by atoms with van der Waals surface area (Å²) in [5.74, 6) is -0.983. The highest BCUT2D eigenvalue weighted by molar-refractivity contribution is 6.22. The Bertz CT molecular complexity index is 734. The van der Waals surface area contributed by atoms with E-state index in [2.05, 4.69) is 5.32 Å².